The molecule has 0 bridgehead atoms. The summed E-state index contributed by atoms with van der Waals surface area (Å²) in [6.07, 6.45) is 2.12. The molecule has 0 radical (unpaired) electrons. The van der Waals surface area contributed by atoms with Gasteiger partial charge in [0, 0.05) is 24.0 Å². The predicted octanol–water partition coefficient (Wildman–Crippen LogP) is 4.69. The van der Waals surface area contributed by atoms with Crippen LogP contribution in [0.1, 0.15) is 30.0 Å². The molecule has 0 aliphatic carbocycles. The van der Waals surface area contributed by atoms with Crippen LogP contribution in [0.3, 0.4) is 0 Å². The maximum absolute atomic E-state index is 14.0. The molecule has 7 nitrogen and oxygen atoms in total. The van der Waals surface area contributed by atoms with Gasteiger partial charge < -0.3 is 10.2 Å². The fourth-order valence-corrected chi connectivity index (χ4v) is 5.54. The van der Waals surface area contributed by atoms with Crippen molar-refractivity contribution >= 4 is 43.5 Å². The zero-order valence-electron chi connectivity index (χ0n) is 21.9. The molecule has 0 fully saturated rings. The van der Waals surface area contributed by atoms with Gasteiger partial charge in [0.1, 0.15) is 12.6 Å². The van der Waals surface area contributed by atoms with Crippen molar-refractivity contribution in [1.82, 2.24) is 10.2 Å². The Morgan fingerprint density at radius 3 is 2.24 bits per heavy atom. The number of hydrogen-bond acceptors (Lipinski definition) is 4. The predicted molar refractivity (Wildman–Crippen MR) is 155 cm³/mol. The standard InChI is InChI=1S/C29H34BrN3O4S/c1-4-17-31-29(35)27(19-23-12-6-5-7-13-23)32(20-24-14-10-15-25(30)18-24)28(34)21-33(38(3,36)37)26-16-9-8-11-22(26)2/h5-16,18,27H,4,17,19-21H2,1-3H3,(H,31,35). The molecule has 3 aromatic carbocycles. The Balaban J connectivity index is 2.05. The minimum atomic E-state index is -3.79. The zero-order valence-corrected chi connectivity index (χ0v) is 24.3. The Morgan fingerprint density at radius 1 is 0.947 bits per heavy atom. The van der Waals surface area contributed by atoms with E-state index in [9.17, 15) is 18.0 Å². The average molecular weight is 601 g/mol. The van der Waals surface area contributed by atoms with Crippen molar-refractivity contribution in [2.45, 2.75) is 39.3 Å². The number of benzene rings is 3. The topological polar surface area (TPSA) is 86.8 Å². The lowest BCUT2D eigenvalue weighted by atomic mass is 10.0. The van der Waals surface area contributed by atoms with Gasteiger partial charge in [-0.25, -0.2) is 8.42 Å². The third-order valence-corrected chi connectivity index (χ3v) is 7.75. The summed E-state index contributed by atoms with van der Waals surface area (Å²) in [6, 6.07) is 23.2. The van der Waals surface area contributed by atoms with Crippen molar-refractivity contribution in [3.05, 3.63) is 100 Å². The highest BCUT2D eigenvalue weighted by Gasteiger charge is 2.33. The summed E-state index contributed by atoms with van der Waals surface area (Å²) < 4.78 is 27.7. The lowest BCUT2D eigenvalue weighted by Crippen LogP contribution is -2.53. The molecular weight excluding hydrogens is 566 g/mol. The fraction of sp³-hybridized carbons (Fsp3) is 0.310. The molecule has 3 rings (SSSR count). The van der Waals surface area contributed by atoms with E-state index >= 15 is 0 Å². The van der Waals surface area contributed by atoms with E-state index in [0.717, 1.165) is 38.1 Å². The third kappa shape index (κ3) is 8.16. The van der Waals surface area contributed by atoms with Crippen molar-refractivity contribution < 1.29 is 18.0 Å². The van der Waals surface area contributed by atoms with Gasteiger partial charge in [-0.15, -0.1) is 0 Å². The number of nitrogens with zero attached hydrogens (tertiary/aromatic N) is 2. The summed E-state index contributed by atoms with van der Waals surface area (Å²) in [4.78, 5) is 29.0. The first-order valence-corrected chi connectivity index (χ1v) is 15.1. The summed E-state index contributed by atoms with van der Waals surface area (Å²) in [5.74, 6) is -0.743. The van der Waals surface area contributed by atoms with Gasteiger partial charge in [-0.05, 0) is 48.2 Å². The van der Waals surface area contributed by atoms with E-state index < -0.39 is 28.5 Å². The van der Waals surface area contributed by atoms with Crippen LogP contribution in [0.4, 0.5) is 5.69 Å². The molecule has 0 aliphatic heterocycles. The van der Waals surface area contributed by atoms with Gasteiger partial charge in [-0.1, -0.05) is 83.5 Å². The molecule has 0 aliphatic rings. The molecule has 3 aromatic rings. The summed E-state index contributed by atoms with van der Waals surface area (Å²) >= 11 is 3.48. The normalized spacial score (nSPS) is 12.0. The monoisotopic (exact) mass is 599 g/mol. The van der Waals surface area contributed by atoms with Crippen molar-refractivity contribution in [2.24, 2.45) is 0 Å². The highest BCUT2D eigenvalue weighted by Crippen LogP contribution is 2.24. The Labute approximate surface area is 234 Å². The second-order valence-corrected chi connectivity index (χ2v) is 12.0. The smallest absolute Gasteiger partial charge is 0.244 e. The average Bonchev–Trinajstić information content (AvgIpc) is 2.88. The SMILES string of the molecule is CCCNC(=O)C(Cc1ccccc1)N(Cc1cccc(Br)c1)C(=O)CN(c1ccccc1C)S(C)(=O)=O. The van der Waals surface area contributed by atoms with E-state index in [1.165, 1.54) is 4.90 Å². The number of carbonyl (C=O) groups is 2. The maximum Gasteiger partial charge on any atom is 0.244 e. The highest BCUT2D eigenvalue weighted by molar-refractivity contribution is 9.10. The molecule has 1 atom stereocenters. The fourth-order valence-electron chi connectivity index (χ4n) is 4.19. The molecule has 0 spiro atoms. The van der Waals surface area contributed by atoms with Crippen molar-refractivity contribution in [3.8, 4) is 0 Å². The molecule has 0 saturated heterocycles. The van der Waals surface area contributed by atoms with Gasteiger partial charge >= 0.3 is 0 Å². The second-order valence-electron chi connectivity index (χ2n) is 9.20. The van der Waals surface area contributed by atoms with E-state index in [-0.39, 0.29) is 12.5 Å². The molecule has 9 heteroatoms. The van der Waals surface area contributed by atoms with Gasteiger partial charge in [-0.3, -0.25) is 13.9 Å². The molecular formula is C29H34BrN3O4S. The van der Waals surface area contributed by atoms with Crippen LogP contribution in [0.25, 0.3) is 0 Å². The van der Waals surface area contributed by atoms with Crippen LogP contribution in [0.15, 0.2) is 83.3 Å². The maximum atomic E-state index is 14.0. The molecule has 1 N–H and O–H groups in total. The number of anilines is 1. The highest BCUT2D eigenvalue weighted by atomic mass is 79.9. The van der Waals surface area contributed by atoms with Crippen molar-refractivity contribution in [1.29, 1.82) is 0 Å². The molecule has 1 unspecified atom stereocenters. The molecule has 2 amide bonds. The van der Waals surface area contributed by atoms with Crippen LogP contribution in [0.5, 0.6) is 0 Å². The molecule has 38 heavy (non-hydrogen) atoms. The minimum absolute atomic E-state index is 0.140. The van der Waals surface area contributed by atoms with Crippen LogP contribution in [0.2, 0.25) is 0 Å². The van der Waals surface area contributed by atoms with Crippen molar-refractivity contribution in [2.75, 3.05) is 23.7 Å². The van der Waals surface area contributed by atoms with E-state index in [4.69, 9.17) is 0 Å². The van der Waals surface area contributed by atoms with Crippen LogP contribution < -0.4 is 9.62 Å². The van der Waals surface area contributed by atoms with E-state index in [2.05, 4.69) is 21.2 Å². The number of amides is 2. The summed E-state index contributed by atoms with van der Waals surface area (Å²) in [5, 5.41) is 2.94. The van der Waals surface area contributed by atoms with Gasteiger partial charge in [0.25, 0.3) is 0 Å². The Morgan fingerprint density at radius 2 is 1.61 bits per heavy atom. The first-order valence-electron chi connectivity index (χ1n) is 12.5. The number of carbonyl (C=O) groups excluding carboxylic acids is 2. The second kappa shape index (κ2) is 13.6. The number of hydrogen-bond donors (Lipinski definition) is 1. The lowest BCUT2D eigenvalue weighted by molar-refractivity contribution is -0.140. The van der Waals surface area contributed by atoms with Crippen LogP contribution >= 0.6 is 15.9 Å². The summed E-state index contributed by atoms with van der Waals surface area (Å²) in [6.45, 7) is 3.95. The summed E-state index contributed by atoms with van der Waals surface area (Å²) in [7, 11) is -3.79. The lowest BCUT2D eigenvalue weighted by Gasteiger charge is -2.33. The first-order chi connectivity index (χ1) is 18.1. The number of para-hydroxylation sites is 1. The Hall–Kier alpha value is -3.17. The molecule has 0 saturated carbocycles. The number of rotatable bonds is 12. The van der Waals surface area contributed by atoms with E-state index in [1.807, 2.05) is 67.6 Å². The molecule has 202 valence electrons. The Bertz CT molecular complexity index is 1350. The third-order valence-electron chi connectivity index (χ3n) is 6.13. The molecule has 0 heterocycles. The number of nitrogens with one attached hydrogen (secondary N) is 1. The van der Waals surface area contributed by atoms with Crippen molar-refractivity contribution in [3.63, 3.8) is 0 Å². The largest absolute Gasteiger partial charge is 0.354 e. The zero-order chi connectivity index (χ0) is 27.7. The Kier molecular flexibility index (Phi) is 10.5. The van der Waals surface area contributed by atoms with E-state index in [1.54, 1.807) is 25.1 Å². The number of sulfonamides is 1. The van der Waals surface area contributed by atoms with Crippen LogP contribution in [-0.4, -0.2) is 50.5 Å². The van der Waals surface area contributed by atoms with Crippen LogP contribution in [0, 0.1) is 6.92 Å². The molecule has 0 aromatic heterocycles. The van der Waals surface area contributed by atoms with Gasteiger partial charge in [0.2, 0.25) is 21.8 Å². The van der Waals surface area contributed by atoms with Gasteiger partial charge in [0.15, 0.2) is 0 Å². The first kappa shape index (κ1) is 29.4. The van der Waals surface area contributed by atoms with Crippen LogP contribution in [-0.2, 0) is 32.6 Å². The van der Waals surface area contributed by atoms with Gasteiger partial charge in [0.05, 0.1) is 11.9 Å². The number of aryl methyl sites for hydroxylation is 1. The minimum Gasteiger partial charge on any atom is -0.354 e. The van der Waals surface area contributed by atoms with E-state index in [0.29, 0.717) is 18.7 Å². The quantitative estimate of drug-likeness (QED) is 0.327. The summed E-state index contributed by atoms with van der Waals surface area (Å²) in [5.41, 5.74) is 2.87. The van der Waals surface area contributed by atoms with Gasteiger partial charge in [-0.2, -0.15) is 0 Å². The number of halogens is 1.